The highest BCUT2D eigenvalue weighted by Gasteiger charge is 2.20. The fraction of sp³-hybridized carbons (Fsp3) is 0.208. The van der Waals surface area contributed by atoms with Gasteiger partial charge >= 0.3 is 5.84 Å². The number of hydrogen-bond donors (Lipinski definition) is 4. The molecule has 4 rings (SSSR count). The average molecular weight is 511 g/mol. The summed E-state index contributed by atoms with van der Waals surface area (Å²) in [6, 6.07) is 8.47. The van der Waals surface area contributed by atoms with Crippen LogP contribution in [0.3, 0.4) is 0 Å². The molecule has 0 aliphatic rings. The van der Waals surface area contributed by atoms with Crippen LogP contribution in [-0.4, -0.2) is 57.7 Å². The molecule has 0 aliphatic carbocycles. The van der Waals surface area contributed by atoms with E-state index in [1.54, 1.807) is 47.1 Å². The van der Waals surface area contributed by atoms with Gasteiger partial charge in [-0.1, -0.05) is 31.2 Å². The van der Waals surface area contributed by atoms with E-state index < -0.39 is 10.0 Å². The summed E-state index contributed by atoms with van der Waals surface area (Å²) in [4.78, 5) is 13.5. The van der Waals surface area contributed by atoms with Crippen molar-refractivity contribution in [2.75, 3.05) is 25.0 Å². The lowest BCUT2D eigenvalue weighted by Gasteiger charge is -2.10. The van der Waals surface area contributed by atoms with Gasteiger partial charge in [-0.05, 0) is 30.7 Å². The van der Waals surface area contributed by atoms with Crippen molar-refractivity contribution in [1.29, 1.82) is 0 Å². The lowest BCUT2D eigenvalue weighted by atomic mass is 10.1. The largest absolute Gasteiger partial charge is 0.508 e. The zero-order valence-corrected chi connectivity index (χ0v) is 20.3. The molecule has 4 N–H and O–H groups in total. The molecule has 36 heavy (non-hydrogen) atoms. The number of sulfonamides is 1. The maximum absolute atomic E-state index is 12.5. The number of hydrogen-bond acceptors (Lipinski definition) is 9. The molecule has 0 radical (unpaired) electrons. The molecule has 0 amide bonds. The van der Waals surface area contributed by atoms with Crippen LogP contribution in [0.5, 0.6) is 5.75 Å². The van der Waals surface area contributed by atoms with E-state index in [-0.39, 0.29) is 30.4 Å². The van der Waals surface area contributed by atoms with Crippen LogP contribution in [0.25, 0.3) is 28.5 Å². The van der Waals surface area contributed by atoms with Crippen LogP contribution in [0.15, 0.2) is 76.5 Å². The number of imidazole rings is 1. The second-order valence-electron chi connectivity index (χ2n) is 7.60. The summed E-state index contributed by atoms with van der Waals surface area (Å²) in [5.41, 5.74) is 2.48. The highest BCUT2D eigenvalue weighted by Crippen LogP contribution is 2.33. The number of allylic oxidation sites excluding steroid dienone is 2. The number of aliphatic hydroxyl groups excluding tert-OH is 1. The number of aromatic hydroxyl groups is 1. The van der Waals surface area contributed by atoms with Crippen LogP contribution in [0.1, 0.15) is 13.3 Å². The van der Waals surface area contributed by atoms with E-state index in [0.717, 1.165) is 0 Å². The van der Waals surface area contributed by atoms with Gasteiger partial charge in [-0.2, -0.15) is 4.98 Å². The van der Waals surface area contributed by atoms with Crippen LogP contribution in [0.2, 0.25) is 0 Å². The van der Waals surface area contributed by atoms with E-state index in [1.165, 1.54) is 18.4 Å². The number of oxazole rings is 1. The summed E-state index contributed by atoms with van der Waals surface area (Å²) >= 11 is 0. The van der Waals surface area contributed by atoms with Crippen LogP contribution in [0.4, 0.5) is 5.95 Å². The minimum Gasteiger partial charge on any atom is -0.508 e. The van der Waals surface area contributed by atoms with Crippen molar-refractivity contribution in [3.63, 3.8) is 0 Å². The summed E-state index contributed by atoms with van der Waals surface area (Å²) in [5, 5.41) is 21.9. The maximum Gasteiger partial charge on any atom is 0.306 e. The summed E-state index contributed by atoms with van der Waals surface area (Å²) in [7, 11) is -3.72. The Morgan fingerprint density at radius 2 is 2.08 bits per heavy atom. The molecule has 0 unspecified atom stereocenters. The molecule has 0 atom stereocenters. The van der Waals surface area contributed by atoms with Gasteiger partial charge in [0, 0.05) is 31.0 Å². The summed E-state index contributed by atoms with van der Waals surface area (Å²) in [5.74, 6) is 0.785. The molecular formula is C24H26N6O5S. The van der Waals surface area contributed by atoms with Gasteiger partial charge in [0.05, 0.1) is 17.2 Å². The second-order valence-corrected chi connectivity index (χ2v) is 9.37. The highest BCUT2D eigenvalue weighted by atomic mass is 32.2. The second kappa shape index (κ2) is 11.2. The fourth-order valence-electron chi connectivity index (χ4n) is 3.54. The molecule has 11 nitrogen and oxygen atoms in total. The number of aliphatic hydroxyl groups is 1. The Labute approximate surface area is 207 Å². The predicted octanol–water partition coefficient (Wildman–Crippen LogP) is 2.93. The van der Waals surface area contributed by atoms with Crippen LogP contribution < -0.4 is 10.0 Å². The highest BCUT2D eigenvalue weighted by molar-refractivity contribution is 7.93. The first kappa shape index (κ1) is 25.1. The summed E-state index contributed by atoms with van der Waals surface area (Å²) in [6.07, 6.45) is 9.67. The SMILES string of the molecule is CC/C=C(\C=C/CO)S(=O)(=O)NCCNc1nccc(-c2c(-c3cccc(O)c3)nc3occn23)n1. The third-order valence-corrected chi connectivity index (χ3v) is 6.59. The summed E-state index contributed by atoms with van der Waals surface area (Å²) in [6.45, 7) is 1.91. The third kappa shape index (κ3) is 5.62. The minimum absolute atomic E-state index is 0.0944. The van der Waals surface area contributed by atoms with Gasteiger partial charge in [0.1, 0.15) is 23.4 Å². The Bertz CT molecular complexity index is 1510. The van der Waals surface area contributed by atoms with Crippen molar-refractivity contribution in [2.45, 2.75) is 13.3 Å². The molecule has 0 aliphatic heterocycles. The Morgan fingerprint density at radius 1 is 1.22 bits per heavy atom. The van der Waals surface area contributed by atoms with Crippen molar-refractivity contribution >= 4 is 21.8 Å². The van der Waals surface area contributed by atoms with Crippen molar-refractivity contribution in [1.82, 2.24) is 24.1 Å². The maximum atomic E-state index is 12.5. The average Bonchev–Trinajstić information content (AvgIpc) is 3.46. The van der Waals surface area contributed by atoms with Gasteiger partial charge in [0.25, 0.3) is 0 Å². The molecule has 3 aromatic heterocycles. The Kier molecular flexibility index (Phi) is 7.78. The molecule has 0 saturated heterocycles. The van der Waals surface area contributed by atoms with Crippen LogP contribution >= 0.6 is 0 Å². The van der Waals surface area contributed by atoms with Gasteiger partial charge < -0.3 is 19.9 Å². The zero-order valence-electron chi connectivity index (χ0n) is 19.5. The Balaban J connectivity index is 1.51. The molecule has 0 fully saturated rings. The number of phenolic OH excluding ortho intramolecular Hbond substituents is 1. The molecule has 12 heteroatoms. The van der Waals surface area contributed by atoms with Crippen molar-refractivity contribution in [3.05, 3.63) is 72.1 Å². The van der Waals surface area contributed by atoms with Gasteiger partial charge in [-0.25, -0.2) is 23.1 Å². The quantitative estimate of drug-likeness (QED) is 0.176. The van der Waals surface area contributed by atoms with Gasteiger partial charge in [-0.15, -0.1) is 0 Å². The number of phenols is 1. The Morgan fingerprint density at radius 3 is 2.86 bits per heavy atom. The smallest absolute Gasteiger partial charge is 0.306 e. The minimum atomic E-state index is -3.72. The predicted molar refractivity (Wildman–Crippen MR) is 136 cm³/mol. The number of benzene rings is 1. The van der Waals surface area contributed by atoms with E-state index in [0.29, 0.717) is 40.9 Å². The van der Waals surface area contributed by atoms with Gasteiger partial charge in [0.15, 0.2) is 0 Å². The number of fused-ring (bicyclic) bond motifs is 1. The molecule has 3 heterocycles. The van der Waals surface area contributed by atoms with E-state index in [1.807, 2.05) is 13.0 Å². The number of rotatable bonds is 11. The third-order valence-electron chi connectivity index (χ3n) is 5.08. The first-order chi connectivity index (χ1) is 17.4. The molecule has 188 valence electrons. The number of aromatic nitrogens is 4. The lowest BCUT2D eigenvalue weighted by Crippen LogP contribution is -2.29. The number of nitrogens with zero attached hydrogens (tertiary/aromatic N) is 4. The van der Waals surface area contributed by atoms with E-state index in [9.17, 15) is 13.5 Å². The normalized spacial score (nSPS) is 12.6. The molecule has 0 saturated carbocycles. The topological polar surface area (TPSA) is 155 Å². The molecular weight excluding hydrogens is 484 g/mol. The van der Waals surface area contributed by atoms with Crippen molar-refractivity contribution < 1.29 is 23.0 Å². The molecule has 1 aromatic carbocycles. The first-order valence-electron chi connectivity index (χ1n) is 11.2. The molecule has 0 bridgehead atoms. The van der Waals surface area contributed by atoms with Crippen molar-refractivity contribution in [2.24, 2.45) is 0 Å². The summed E-state index contributed by atoms with van der Waals surface area (Å²) < 4.78 is 34.8. The van der Waals surface area contributed by atoms with E-state index in [2.05, 4.69) is 25.0 Å². The zero-order chi connectivity index (χ0) is 25.5. The lowest BCUT2D eigenvalue weighted by molar-refractivity contribution is 0.342. The van der Waals surface area contributed by atoms with E-state index >= 15 is 0 Å². The Hall–Kier alpha value is -4.00. The standard InChI is InChI=1S/C24H26N6O5S/c1-2-5-19(8-4-14-31)36(33,34)27-12-11-26-23-25-10-9-20(28-23)22-21(17-6-3-7-18(32)16-17)29-24-30(22)13-15-35-24/h3-10,13,15-16,27,31-32H,2,11-12,14H2,1H3,(H,25,26,28)/b8-4-,19-5+. The first-order valence-corrected chi connectivity index (χ1v) is 12.7. The van der Waals surface area contributed by atoms with Crippen molar-refractivity contribution in [3.8, 4) is 28.4 Å². The monoisotopic (exact) mass is 510 g/mol. The fourth-order valence-corrected chi connectivity index (χ4v) is 4.74. The number of nitrogens with one attached hydrogen (secondary N) is 2. The number of anilines is 1. The van der Waals surface area contributed by atoms with E-state index in [4.69, 9.17) is 9.52 Å². The van der Waals surface area contributed by atoms with Crippen LogP contribution in [-0.2, 0) is 10.0 Å². The van der Waals surface area contributed by atoms with Gasteiger partial charge in [-0.3, -0.25) is 4.40 Å². The molecule has 4 aromatic rings. The van der Waals surface area contributed by atoms with Crippen LogP contribution in [0, 0.1) is 0 Å². The van der Waals surface area contributed by atoms with Gasteiger partial charge in [0.2, 0.25) is 16.0 Å². The molecule has 0 spiro atoms.